The van der Waals surface area contributed by atoms with Crippen molar-refractivity contribution >= 4 is 11.9 Å². The highest BCUT2D eigenvalue weighted by Crippen LogP contribution is 2.36. The highest BCUT2D eigenvalue weighted by Gasteiger charge is 2.37. The molecule has 2 aliphatic heterocycles. The molecule has 0 bridgehead atoms. The molecular weight excluding hydrogens is 312 g/mol. The molecule has 0 spiro atoms. The standard InChI is InChI=1S/C20H28N4O/c1-14-6-7-16-12-24(13-17(16)10-14)19(25)18-11-21-20(22-15(18)2)23-8-4-3-5-9-23/h6,11,16-17H,3-5,7-10,12-13H2,1-2H3/t16-,17+/m0/s1. The maximum absolute atomic E-state index is 13.0. The average molecular weight is 340 g/mol. The predicted molar refractivity (Wildman–Crippen MR) is 98.7 cm³/mol. The molecule has 0 unspecified atom stereocenters. The second-order valence-electron chi connectivity index (χ2n) is 7.94. The number of rotatable bonds is 2. The topological polar surface area (TPSA) is 49.3 Å². The van der Waals surface area contributed by atoms with Gasteiger partial charge < -0.3 is 9.80 Å². The first kappa shape index (κ1) is 16.6. The predicted octanol–water partition coefficient (Wildman–Crippen LogP) is 3.20. The van der Waals surface area contributed by atoms with E-state index in [1.165, 1.54) is 24.8 Å². The summed E-state index contributed by atoms with van der Waals surface area (Å²) < 4.78 is 0. The van der Waals surface area contributed by atoms with Gasteiger partial charge in [0, 0.05) is 32.4 Å². The van der Waals surface area contributed by atoms with Gasteiger partial charge in [-0.1, -0.05) is 11.6 Å². The van der Waals surface area contributed by atoms with Crippen LogP contribution in [0.2, 0.25) is 0 Å². The summed E-state index contributed by atoms with van der Waals surface area (Å²) in [6.07, 6.45) is 10.0. The first-order chi connectivity index (χ1) is 12.1. The number of hydrogen-bond donors (Lipinski definition) is 0. The Bertz CT molecular complexity index is 693. The summed E-state index contributed by atoms with van der Waals surface area (Å²) in [5, 5.41) is 0. The van der Waals surface area contributed by atoms with Crippen molar-refractivity contribution in [2.75, 3.05) is 31.1 Å². The molecule has 0 radical (unpaired) electrons. The zero-order valence-corrected chi connectivity index (χ0v) is 15.4. The quantitative estimate of drug-likeness (QED) is 0.776. The summed E-state index contributed by atoms with van der Waals surface area (Å²) in [4.78, 5) is 26.4. The lowest BCUT2D eigenvalue weighted by atomic mass is 9.83. The molecule has 5 nitrogen and oxygen atoms in total. The van der Waals surface area contributed by atoms with Crippen molar-refractivity contribution in [3.63, 3.8) is 0 Å². The Kier molecular flexibility index (Phi) is 4.48. The van der Waals surface area contributed by atoms with E-state index in [0.717, 1.165) is 50.7 Å². The maximum atomic E-state index is 13.0. The molecule has 2 fully saturated rings. The smallest absolute Gasteiger partial charge is 0.257 e. The number of allylic oxidation sites excluding steroid dienone is 2. The zero-order valence-electron chi connectivity index (χ0n) is 15.4. The van der Waals surface area contributed by atoms with Gasteiger partial charge in [0.25, 0.3) is 5.91 Å². The second kappa shape index (κ2) is 6.77. The van der Waals surface area contributed by atoms with Gasteiger partial charge in [-0.05, 0) is 57.8 Å². The third-order valence-corrected chi connectivity index (χ3v) is 6.05. The molecule has 2 saturated heterocycles. The van der Waals surface area contributed by atoms with Crippen LogP contribution in [0, 0.1) is 18.8 Å². The number of hydrogen-bond acceptors (Lipinski definition) is 4. The molecule has 2 atom stereocenters. The Balaban J connectivity index is 1.47. The first-order valence-corrected chi connectivity index (χ1v) is 9.65. The number of aromatic nitrogens is 2. The van der Waals surface area contributed by atoms with Crippen LogP contribution >= 0.6 is 0 Å². The van der Waals surface area contributed by atoms with Crippen LogP contribution in [0.4, 0.5) is 5.95 Å². The third kappa shape index (κ3) is 3.29. The van der Waals surface area contributed by atoms with E-state index in [2.05, 4.69) is 27.9 Å². The van der Waals surface area contributed by atoms with E-state index in [-0.39, 0.29) is 5.91 Å². The molecule has 4 rings (SSSR count). The Morgan fingerprint density at radius 1 is 1.12 bits per heavy atom. The molecule has 1 aromatic heterocycles. The van der Waals surface area contributed by atoms with Gasteiger partial charge in [-0.2, -0.15) is 0 Å². The largest absolute Gasteiger partial charge is 0.341 e. The minimum Gasteiger partial charge on any atom is -0.341 e. The molecule has 1 aliphatic carbocycles. The van der Waals surface area contributed by atoms with Crippen LogP contribution < -0.4 is 4.90 Å². The number of likely N-dealkylation sites (tertiary alicyclic amines) is 1. The van der Waals surface area contributed by atoms with Crippen molar-refractivity contribution < 1.29 is 4.79 Å². The van der Waals surface area contributed by atoms with Gasteiger partial charge in [0.1, 0.15) is 0 Å². The lowest BCUT2D eigenvalue weighted by Gasteiger charge is -2.27. The van der Waals surface area contributed by atoms with Crippen molar-refractivity contribution in [1.29, 1.82) is 0 Å². The van der Waals surface area contributed by atoms with Crippen LogP contribution in [0.5, 0.6) is 0 Å². The molecule has 134 valence electrons. The molecule has 0 aromatic carbocycles. The fraction of sp³-hybridized carbons (Fsp3) is 0.650. The van der Waals surface area contributed by atoms with E-state index in [9.17, 15) is 4.79 Å². The van der Waals surface area contributed by atoms with Gasteiger partial charge in [-0.15, -0.1) is 0 Å². The number of carbonyl (C=O) groups is 1. The lowest BCUT2D eigenvalue weighted by molar-refractivity contribution is 0.0782. The Hall–Kier alpha value is -1.91. The van der Waals surface area contributed by atoms with Crippen molar-refractivity contribution in [1.82, 2.24) is 14.9 Å². The highest BCUT2D eigenvalue weighted by atomic mass is 16.2. The number of amides is 1. The Labute approximate surface area is 150 Å². The Morgan fingerprint density at radius 2 is 1.88 bits per heavy atom. The fourth-order valence-electron chi connectivity index (χ4n) is 4.53. The Morgan fingerprint density at radius 3 is 2.64 bits per heavy atom. The number of carbonyl (C=O) groups excluding carboxylic acids is 1. The molecule has 25 heavy (non-hydrogen) atoms. The minimum absolute atomic E-state index is 0.106. The van der Waals surface area contributed by atoms with Gasteiger partial charge in [0.05, 0.1) is 11.3 Å². The van der Waals surface area contributed by atoms with Crippen LogP contribution in [0.1, 0.15) is 55.1 Å². The maximum Gasteiger partial charge on any atom is 0.257 e. The first-order valence-electron chi connectivity index (χ1n) is 9.65. The molecule has 1 aromatic rings. The second-order valence-corrected chi connectivity index (χ2v) is 7.94. The fourth-order valence-corrected chi connectivity index (χ4v) is 4.53. The van der Waals surface area contributed by atoms with Gasteiger partial charge in [0.15, 0.2) is 0 Å². The molecule has 5 heteroatoms. The monoisotopic (exact) mass is 340 g/mol. The van der Waals surface area contributed by atoms with Crippen LogP contribution in [0.15, 0.2) is 17.8 Å². The van der Waals surface area contributed by atoms with E-state index in [1.807, 2.05) is 11.8 Å². The third-order valence-electron chi connectivity index (χ3n) is 6.05. The highest BCUT2D eigenvalue weighted by molar-refractivity contribution is 5.95. The van der Waals surface area contributed by atoms with Crippen molar-refractivity contribution in [3.8, 4) is 0 Å². The minimum atomic E-state index is 0.106. The normalized spacial score (nSPS) is 26.4. The van der Waals surface area contributed by atoms with Crippen LogP contribution in [0.3, 0.4) is 0 Å². The summed E-state index contributed by atoms with van der Waals surface area (Å²) in [6.45, 7) is 7.95. The number of fused-ring (bicyclic) bond motifs is 1. The molecular formula is C20H28N4O. The number of nitrogens with zero attached hydrogens (tertiary/aromatic N) is 4. The van der Waals surface area contributed by atoms with Crippen LogP contribution in [-0.2, 0) is 0 Å². The molecule has 0 saturated carbocycles. The summed E-state index contributed by atoms with van der Waals surface area (Å²) in [7, 11) is 0. The van der Waals surface area contributed by atoms with E-state index < -0.39 is 0 Å². The molecule has 1 amide bonds. The number of anilines is 1. The average Bonchev–Trinajstić information content (AvgIpc) is 3.05. The van der Waals surface area contributed by atoms with Crippen molar-refractivity contribution in [3.05, 3.63) is 29.1 Å². The van der Waals surface area contributed by atoms with E-state index in [0.29, 0.717) is 17.4 Å². The molecule has 3 heterocycles. The number of aryl methyl sites for hydroxylation is 1. The van der Waals surface area contributed by atoms with E-state index in [1.54, 1.807) is 6.20 Å². The zero-order chi connectivity index (χ0) is 17.4. The lowest BCUT2D eigenvalue weighted by Crippen LogP contribution is -2.32. The van der Waals surface area contributed by atoms with Gasteiger partial charge in [-0.3, -0.25) is 4.79 Å². The van der Waals surface area contributed by atoms with Gasteiger partial charge in [0.2, 0.25) is 5.95 Å². The summed E-state index contributed by atoms with van der Waals surface area (Å²) in [6, 6.07) is 0. The summed E-state index contributed by atoms with van der Waals surface area (Å²) >= 11 is 0. The van der Waals surface area contributed by atoms with Crippen LogP contribution in [-0.4, -0.2) is 47.0 Å². The SMILES string of the molecule is CC1=CC[C@H]2CN(C(=O)c3cnc(N4CCCCC4)nc3C)C[C@H]2C1. The number of piperidine rings is 1. The van der Waals surface area contributed by atoms with E-state index in [4.69, 9.17) is 0 Å². The van der Waals surface area contributed by atoms with Gasteiger partial charge in [-0.25, -0.2) is 9.97 Å². The summed E-state index contributed by atoms with van der Waals surface area (Å²) in [5.74, 6) is 2.14. The van der Waals surface area contributed by atoms with Crippen LogP contribution in [0.25, 0.3) is 0 Å². The molecule has 3 aliphatic rings. The summed E-state index contributed by atoms with van der Waals surface area (Å²) in [5.41, 5.74) is 2.95. The van der Waals surface area contributed by atoms with Crippen molar-refractivity contribution in [2.24, 2.45) is 11.8 Å². The van der Waals surface area contributed by atoms with Gasteiger partial charge >= 0.3 is 0 Å². The molecule has 0 N–H and O–H groups in total. The van der Waals surface area contributed by atoms with Crippen molar-refractivity contribution in [2.45, 2.75) is 46.0 Å². The van der Waals surface area contributed by atoms with E-state index >= 15 is 0 Å².